The number of hydrogen-bond acceptors (Lipinski definition) is 6. The van der Waals surface area contributed by atoms with Gasteiger partial charge in [-0.2, -0.15) is 4.99 Å². The van der Waals surface area contributed by atoms with E-state index in [-0.39, 0.29) is 23.6 Å². The fourth-order valence-corrected chi connectivity index (χ4v) is 5.41. The van der Waals surface area contributed by atoms with Crippen LogP contribution >= 0.6 is 23.2 Å². The van der Waals surface area contributed by atoms with Gasteiger partial charge in [0.15, 0.2) is 0 Å². The van der Waals surface area contributed by atoms with Gasteiger partial charge in [0, 0.05) is 42.9 Å². The normalized spacial score (nSPS) is 22.7. The zero-order valence-corrected chi connectivity index (χ0v) is 23.8. The number of nitrogens with one attached hydrogen (secondary N) is 1. The minimum Gasteiger partial charge on any atom is -0.398 e. The van der Waals surface area contributed by atoms with E-state index in [1.165, 1.54) is 0 Å². The highest BCUT2D eigenvalue weighted by Crippen LogP contribution is 2.29. The van der Waals surface area contributed by atoms with Crippen molar-refractivity contribution in [1.82, 2.24) is 10.2 Å². The van der Waals surface area contributed by atoms with E-state index in [9.17, 15) is 9.59 Å². The van der Waals surface area contributed by atoms with Crippen LogP contribution in [-0.4, -0.2) is 68.0 Å². The van der Waals surface area contributed by atoms with Gasteiger partial charge in [-0.25, -0.2) is 0 Å². The number of rotatable bonds is 9. The van der Waals surface area contributed by atoms with Gasteiger partial charge in [0.25, 0.3) is 5.91 Å². The number of halogens is 2. The van der Waals surface area contributed by atoms with Crippen molar-refractivity contribution >= 4 is 40.9 Å². The van der Waals surface area contributed by atoms with E-state index in [0.29, 0.717) is 52.7 Å². The lowest BCUT2D eigenvalue weighted by atomic mass is 9.92. The molecule has 0 bridgehead atoms. The molecule has 3 atom stereocenters. The number of aliphatic imine (C=N–C) groups is 1. The summed E-state index contributed by atoms with van der Waals surface area (Å²) >= 11 is 12.2. The standard InChI is InChI=1S/C29H36Cl2N6O3/c30-24-6-4-19(15-25(24)31)22(8-9-32)29(39)35-21-5-7-26(33)23(16-21)27(34)36-28(38)20-3-1-2-18(14-20)17-37-10-12-40-13-11-37/h1-7,15,18,21-22H,8-14,16-17,32-33H2,(H,35,39)(H2,34,36,38). The van der Waals surface area contributed by atoms with Crippen molar-refractivity contribution in [3.8, 4) is 0 Å². The van der Waals surface area contributed by atoms with E-state index >= 15 is 0 Å². The number of amidine groups is 1. The molecule has 1 saturated heterocycles. The highest BCUT2D eigenvalue weighted by atomic mass is 35.5. The topological polar surface area (TPSA) is 149 Å². The maximum Gasteiger partial charge on any atom is 0.274 e. The third kappa shape index (κ3) is 7.83. The molecule has 9 nitrogen and oxygen atoms in total. The van der Waals surface area contributed by atoms with Crippen molar-refractivity contribution in [1.29, 1.82) is 0 Å². The second kappa shape index (κ2) is 14.1. The summed E-state index contributed by atoms with van der Waals surface area (Å²) in [4.78, 5) is 32.8. The largest absolute Gasteiger partial charge is 0.398 e. The molecule has 2 aliphatic carbocycles. The Morgan fingerprint density at radius 2 is 1.93 bits per heavy atom. The smallest absolute Gasteiger partial charge is 0.274 e. The highest BCUT2D eigenvalue weighted by Gasteiger charge is 2.26. The van der Waals surface area contributed by atoms with E-state index in [1.54, 1.807) is 36.4 Å². The summed E-state index contributed by atoms with van der Waals surface area (Å²) in [6.45, 7) is 4.42. The third-order valence-corrected chi connectivity index (χ3v) is 8.03. The van der Waals surface area contributed by atoms with Crippen LogP contribution in [0, 0.1) is 5.92 Å². The van der Waals surface area contributed by atoms with E-state index in [1.807, 2.05) is 6.08 Å². The molecule has 214 valence electrons. The lowest BCUT2D eigenvalue weighted by Gasteiger charge is -2.30. The van der Waals surface area contributed by atoms with Gasteiger partial charge in [-0.1, -0.05) is 53.6 Å². The predicted molar refractivity (Wildman–Crippen MR) is 159 cm³/mol. The number of nitrogens with two attached hydrogens (primary N) is 3. The molecule has 1 aromatic rings. The summed E-state index contributed by atoms with van der Waals surface area (Å²) < 4.78 is 5.42. The fourth-order valence-electron chi connectivity index (χ4n) is 5.10. The van der Waals surface area contributed by atoms with Crippen molar-refractivity contribution in [3.05, 3.63) is 81.0 Å². The highest BCUT2D eigenvalue weighted by molar-refractivity contribution is 6.42. The maximum absolute atomic E-state index is 13.3. The first-order valence-corrected chi connectivity index (χ1v) is 14.2. The number of allylic oxidation sites excluding steroid dienone is 3. The van der Waals surface area contributed by atoms with Crippen LogP contribution in [0.1, 0.15) is 30.7 Å². The minimum atomic E-state index is -0.510. The molecule has 1 aliphatic heterocycles. The fraction of sp³-hybridized carbons (Fsp3) is 0.414. The predicted octanol–water partition coefficient (Wildman–Crippen LogP) is 2.80. The van der Waals surface area contributed by atoms with Gasteiger partial charge in [-0.05, 0) is 49.1 Å². The molecule has 0 aromatic heterocycles. The van der Waals surface area contributed by atoms with Crippen molar-refractivity contribution in [2.24, 2.45) is 28.1 Å². The Balaban J connectivity index is 1.39. The van der Waals surface area contributed by atoms with Crippen LogP contribution in [0.25, 0.3) is 0 Å². The van der Waals surface area contributed by atoms with Crippen molar-refractivity contribution in [2.75, 3.05) is 39.4 Å². The van der Waals surface area contributed by atoms with Crippen molar-refractivity contribution in [2.45, 2.75) is 31.2 Å². The molecule has 1 fully saturated rings. The molecule has 1 heterocycles. The molecule has 0 spiro atoms. The van der Waals surface area contributed by atoms with Gasteiger partial charge in [0.1, 0.15) is 5.84 Å². The third-order valence-electron chi connectivity index (χ3n) is 7.29. The molecule has 11 heteroatoms. The van der Waals surface area contributed by atoms with Crippen LogP contribution < -0.4 is 22.5 Å². The average molecular weight is 588 g/mol. The second-order valence-electron chi connectivity index (χ2n) is 10.2. The van der Waals surface area contributed by atoms with Crippen molar-refractivity contribution < 1.29 is 14.3 Å². The Morgan fingerprint density at radius 3 is 2.65 bits per heavy atom. The van der Waals surface area contributed by atoms with Crippen LogP contribution in [0.4, 0.5) is 0 Å². The minimum absolute atomic E-state index is 0.0503. The van der Waals surface area contributed by atoms with Crippen LogP contribution in [0.2, 0.25) is 10.0 Å². The molecule has 4 rings (SSSR count). The number of benzene rings is 1. The molecule has 40 heavy (non-hydrogen) atoms. The average Bonchev–Trinajstić information content (AvgIpc) is 2.95. The van der Waals surface area contributed by atoms with E-state index in [0.717, 1.165) is 38.4 Å². The zero-order chi connectivity index (χ0) is 28.6. The van der Waals surface area contributed by atoms with Gasteiger partial charge in [0.05, 0.1) is 35.2 Å². The summed E-state index contributed by atoms with van der Waals surface area (Å²) in [6, 6.07) is 4.72. The first kappa shape index (κ1) is 30.0. The SMILES string of the molecule is NCCC(C(=O)NC1C=CC(N)=C(C(N)=NC(=O)C2=CC=CC(CN3CCOCC3)C2)C1)c1ccc(Cl)c(Cl)c1. The maximum atomic E-state index is 13.3. The Kier molecular flexibility index (Phi) is 10.6. The quantitative estimate of drug-likeness (QED) is 0.257. The van der Waals surface area contributed by atoms with Gasteiger partial charge < -0.3 is 27.3 Å². The molecule has 0 saturated carbocycles. The first-order chi connectivity index (χ1) is 19.2. The number of carbonyl (C=O) groups excluding carboxylic acids is 2. The van der Waals surface area contributed by atoms with Crippen LogP contribution in [0.15, 0.2) is 70.4 Å². The Hall–Kier alpha value is -2.95. The number of ether oxygens (including phenoxy) is 1. The summed E-state index contributed by atoms with van der Waals surface area (Å²) in [6.07, 6.45) is 10.6. The van der Waals surface area contributed by atoms with Gasteiger partial charge in [-0.15, -0.1) is 0 Å². The van der Waals surface area contributed by atoms with Gasteiger partial charge >= 0.3 is 0 Å². The molecule has 7 N–H and O–H groups in total. The van der Waals surface area contributed by atoms with Crippen LogP contribution in [-0.2, 0) is 14.3 Å². The van der Waals surface area contributed by atoms with Gasteiger partial charge in [0.2, 0.25) is 5.91 Å². The number of amides is 2. The lowest BCUT2D eigenvalue weighted by Crippen LogP contribution is -2.40. The van der Waals surface area contributed by atoms with E-state index in [2.05, 4.69) is 21.3 Å². The summed E-state index contributed by atoms with van der Waals surface area (Å²) in [7, 11) is 0. The van der Waals surface area contributed by atoms with Crippen LogP contribution in [0.5, 0.6) is 0 Å². The monoisotopic (exact) mass is 586 g/mol. The zero-order valence-electron chi connectivity index (χ0n) is 22.3. The van der Waals surface area contributed by atoms with E-state index in [4.69, 9.17) is 45.1 Å². The Morgan fingerprint density at radius 1 is 1.15 bits per heavy atom. The molecule has 3 unspecified atom stereocenters. The number of nitrogens with zero attached hydrogens (tertiary/aromatic N) is 2. The van der Waals surface area contributed by atoms with Crippen molar-refractivity contribution in [3.63, 3.8) is 0 Å². The molecule has 0 radical (unpaired) electrons. The molecule has 2 amide bonds. The first-order valence-electron chi connectivity index (χ1n) is 13.4. The van der Waals surface area contributed by atoms with Gasteiger partial charge in [-0.3, -0.25) is 14.5 Å². The second-order valence-corrected chi connectivity index (χ2v) is 11.0. The molecular formula is C29H36Cl2N6O3. The number of hydrogen-bond donors (Lipinski definition) is 4. The summed E-state index contributed by atoms with van der Waals surface area (Å²) in [5, 5.41) is 3.81. The van der Waals surface area contributed by atoms with Crippen LogP contribution in [0.3, 0.4) is 0 Å². The number of carbonyl (C=O) groups is 2. The Bertz CT molecular complexity index is 1270. The summed E-state index contributed by atoms with van der Waals surface area (Å²) in [5.41, 5.74) is 20.5. The Labute approximate surface area is 244 Å². The molecule has 3 aliphatic rings. The molecule has 1 aromatic carbocycles. The lowest BCUT2D eigenvalue weighted by molar-refractivity contribution is -0.123. The van der Waals surface area contributed by atoms with E-state index < -0.39 is 12.0 Å². The number of morpholine rings is 1. The summed E-state index contributed by atoms with van der Waals surface area (Å²) in [5.74, 6) is -0.836. The molecular weight excluding hydrogens is 551 g/mol.